The van der Waals surface area contributed by atoms with Gasteiger partial charge in [0.05, 0.1) is 27.7 Å². The van der Waals surface area contributed by atoms with E-state index in [-0.39, 0.29) is 32.0 Å². The lowest BCUT2D eigenvalue weighted by atomic mass is 10.1. The summed E-state index contributed by atoms with van der Waals surface area (Å²) in [5.74, 6) is -0.809. The highest BCUT2D eigenvalue weighted by Gasteiger charge is 2.27. The Bertz CT molecular complexity index is 996. The van der Waals surface area contributed by atoms with E-state index in [4.69, 9.17) is 18.5 Å². The first-order valence-electron chi connectivity index (χ1n) is 22.6. The van der Waals surface area contributed by atoms with E-state index in [1.54, 1.807) is 0 Å². The number of phosphoric acid groups is 1. The molecular weight excluding hydrogens is 713 g/mol. The summed E-state index contributed by atoms with van der Waals surface area (Å²) in [6.07, 6.45) is 40.7. The van der Waals surface area contributed by atoms with E-state index < -0.39 is 26.5 Å². The number of nitrogens with zero attached hydrogens (tertiary/aromatic N) is 1. The fourth-order valence-electron chi connectivity index (χ4n) is 6.12. The van der Waals surface area contributed by atoms with E-state index in [0.29, 0.717) is 17.4 Å². The van der Waals surface area contributed by atoms with Crippen molar-refractivity contribution < 1.29 is 42.1 Å². The fraction of sp³-hybridized carbons (Fsp3) is 0.867. The van der Waals surface area contributed by atoms with E-state index in [0.717, 1.165) is 51.4 Å². The molecule has 9 nitrogen and oxygen atoms in total. The van der Waals surface area contributed by atoms with Crippen molar-refractivity contribution >= 4 is 19.8 Å². The zero-order valence-electron chi connectivity index (χ0n) is 36.4. The van der Waals surface area contributed by atoms with Crippen molar-refractivity contribution in [1.82, 2.24) is 0 Å². The lowest BCUT2D eigenvalue weighted by Crippen LogP contribution is -2.37. The van der Waals surface area contributed by atoms with Crippen molar-refractivity contribution in [2.75, 3.05) is 47.5 Å². The third-order valence-corrected chi connectivity index (χ3v) is 10.7. The van der Waals surface area contributed by atoms with Gasteiger partial charge in [0.15, 0.2) is 6.10 Å². The number of ether oxygens (including phenoxy) is 2. The predicted octanol–water partition coefficient (Wildman–Crippen LogP) is 12.7. The molecule has 0 fully saturated rings. The van der Waals surface area contributed by atoms with Gasteiger partial charge in [0.25, 0.3) is 0 Å². The Labute approximate surface area is 339 Å². The number of carbonyl (C=O) groups excluding carboxylic acids is 2. The van der Waals surface area contributed by atoms with Gasteiger partial charge in [-0.3, -0.25) is 18.6 Å². The topological polar surface area (TPSA) is 108 Å². The summed E-state index contributed by atoms with van der Waals surface area (Å²) in [7, 11) is 1.47. The number of esters is 2. The molecule has 1 N–H and O–H groups in total. The largest absolute Gasteiger partial charge is 0.472 e. The van der Waals surface area contributed by atoms with Gasteiger partial charge in [-0.25, -0.2) is 4.57 Å². The molecule has 0 heterocycles. The van der Waals surface area contributed by atoms with Crippen LogP contribution in [-0.2, 0) is 32.7 Å². The molecule has 324 valence electrons. The Kier molecular flexibility index (Phi) is 37.0. The van der Waals surface area contributed by atoms with E-state index in [9.17, 15) is 19.0 Å². The number of likely N-dealkylation sites (N-methyl/N-ethyl adjacent to an activating group) is 1. The Hall–Kier alpha value is -1.51. The first kappa shape index (κ1) is 53.5. The van der Waals surface area contributed by atoms with Crippen LogP contribution >= 0.6 is 7.82 Å². The number of allylic oxidation sites excluding steroid dienone is 4. The van der Waals surface area contributed by atoms with Crippen LogP contribution in [0.1, 0.15) is 200 Å². The predicted molar refractivity (Wildman–Crippen MR) is 229 cm³/mol. The number of carbonyl (C=O) groups is 2. The average molecular weight is 801 g/mol. The second-order valence-electron chi connectivity index (χ2n) is 16.4. The van der Waals surface area contributed by atoms with E-state index in [1.807, 2.05) is 21.1 Å². The van der Waals surface area contributed by atoms with Gasteiger partial charge in [-0.05, 0) is 64.2 Å². The average Bonchev–Trinajstić information content (AvgIpc) is 3.13. The van der Waals surface area contributed by atoms with E-state index in [1.165, 1.54) is 116 Å². The van der Waals surface area contributed by atoms with Gasteiger partial charge in [-0.2, -0.15) is 0 Å². The third-order valence-electron chi connectivity index (χ3n) is 9.70. The second kappa shape index (κ2) is 38.0. The Morgan fingerprint density at radius 3 is 1.35 bits per heavy atom. The van der Waals surface area contributed by atoms with Crippen LogP contribution in [0.5, 0.6) is 0 Å². The van der Waals surface area contributed by atoms with Crippen molar-refractivity contribution in [1.29, 1.82) is 0 Å². The summed E-state index contributed by atoms with van der Waals surface area (Å²) in [5.41, 5.74) is 0. The molecule has 0 saturated carbocycles. The summed E-state index contributed by atoms with van der Waals surface area (Å²) in [6.45, 7) is 4.40. The molecule has 1 unspecified atom stereocenters. The van der Waals surface area contributed by atoms with Crippen LogP contribution in [0.2, 0.25) is 0 Å². The molecule has 0 saturated heterocycles. The van der Waals surface area contributed by atoms with Gasteiger partial charge in [-0.1, -0.05) is 147 Å². The molecule has 55 heavy (non-hydrogen) atoms. The summed E-state index contributed by atoms with van der Waals surface area (Å²) in [6, 6.07) is 0. The van der Waals surface area contributed by atoms with E-state index >= 15 is 0 Å². The molecule has 0 aromatic heterocycles. The maximum Gasteiger partial charge on any atom is 0.472 e. The minimum Gasteiger partial charge on any atom is -0.462 e. The highest BCUT2D eigenvalue weighted by atomic mass is 31.2. The number of quaternary nitrogens is 1. The van der Waals surface area contributed by atoms with E-state index in [2.05, 4.69) is 38.2 Å². The second-order valence-corrected chi connectivity index (χ2v) is 17.9. The monoisotopic (exact) mass is 801 g/mol. The van der Waals surface area contributed by atoms with Crippen molar-refractivity contribution in [3.05, 3.63) is 24.3 Å². The molecule has 0 rings (SSSR count). The van der Waals surface area contributed by atoms with Crippen LogP contribution in [0.4, 0.5) is 0 Å². The van der Waals surface area contributed by atoms with Crippen LogP contribution in [0.15, 0.2) is 24.3 Å². The molecular formula is C45H87NO8P+. The summed E-state index contributed by atoms with van der Waals surface area (Å²) < 4.78 is 34.3. The number of hydrogen-bond acceptors (Lipinski definition) is 7. The third kappa shape index (κ3) is 41.9. The molecule has 0 aromatic rings. The Morgan fingerprint density at radius 2 is 0.927 bits per heavy atom. The summed E-state index contributed by atoms with van der Waals surface area (Å²) in [5, 5.41) is 0. The highest BCUT2D eigenvalue weighted by Crippen LogP contribution is 2.43. The number of rotatable bonds is 41. The van der Waals surface area contributed by atoms with Crippen LogP contribution in [0.3, 0.4) is 0 Å². The number of hydrogen-bond donors (Lipinski definition) is 1. The summed E-state index contributed by atoms with van der Waals surface area (Å²) >= 11 is 0. The normalized spacial score (nSPS) is 13.8. The molecule has 0 aliphatic heterocycles. The van der Waals surface area contributed by atoms with Crippen LogP contribution in [0, 0.1) is 0 Å². The minimum atomic E-state index is -4.37. The first-order chi connectivity index (χ1) is 26.5. The standard InChI is InChI=1S/C45H86NO8P/c1-6-8-10-12-14-16-18-20-22-23-24-26-27-29-31-33-35-37-44(47)51-41-43(42-53-55(49,50)52-40-39-46(3,4)5)54-45(48)38-36-34-32-30-28-25-21-19-17-15-13-11-9-7-2/h19-22,43H,6-18,23-42H2,1-5H3/p+1/b21-19+,22-20+/t43-/m1/s1. The minimum absolute atomic E-state index is 0.0306. The van der Waals surface area contributed by atoms with Crippen LogP contribution in [0.25, 0.3) is 0 Å². The smallest absolute Gasteiger partial charge is 0.462 e. The van der Waals surface area contributed by atoms with Gasteiger partial charge in [0.2, 0.25) is 0 Å². The summed E-state index contributed by atoms with van der Waals surface area (Å²) in [4.78, 5) is 35.4. The molecule has 0 bridgehead atoms. The Morgan fingerprint density at radius 1 is 0.545 bits per heavy atom. The quantitative estimate of drug-likeness (QED) is 0.0214. The van der Waals surface area contributed by atoms with Crippen molar-refractivity contribution in [2.24, 2.45) is 0 Å². The maximum atomic E-state index is 12.7. The van der Waals surface area contributed by atoms with Gasteiger partial charge >= 0.3 is 19.8 Å². The Balaban J connectivity index is 4.34. The molecule has 2 atom stereocenters. The fourth-order valence-corrected chi connectivity index (χ4v) is 6.86. The molecule has 0 aliphatic rings. The molecule has 0 aliphatic carbocycles. The van der Waals surface area contributed by atoms with Gasteiger partial charge in [0, 0.05) is 12.8 Å². The molecule has 10 heteroatoms. The highest BCUT2D eigenvalue weighted by molar-refractivity contribution is 7.47. The lowest BCUT2D eigenvalue weighted by molar-refractivity contribution is -0.870. The lowest BCUT2D eigenvalue weighted by Gasteiger charge is -2.24. The number of phosphoric ester groups is 1. The maximum absolute atomic E-state index is 12.7. The van der Waals surface area contributed by atoms with Crippen molar-refractivity contribution in [3.63, 3.8) is 0 Å². The molecule has 0 radical (unpaired) electrons. The molecule has 0 aromatic carbocycles. The zero-order chi connectivity index (χ0) is 40.7. The number of unbranched alkanes of at least 4 members (excludes halogenated alkanes) is 23. The molecule has 0 amide bonds. The van der Waals surface area contributed by atoms with Gasteiger partial charge in [0.1, 0.15) is 19.8 Å². The zero-order valence-corrected chi connectivity index (χ0v) is 37.3. The first-order valence-corrected chi connectivity index (χ1v) is 24.1. The van der Waals surface area contributed by atoms with Gasteiger partial charge in [-0.15, -0.1) is 0 Å². The SMILES string of the molecule is CCCCCCC/C=C/CCCCCCCC(=O)O[C@H](COC(=O)CCCCCCCCC/C=C/CCCCCCCC)COP(=O)(O)OCC[N+](C)(C)C. The molecule has 0 spiro atoms. The van der Waals surface area contributed by atoms with Crippen molar-refractivity contribution in [2.45, 2.75) is 206 Å². The van der Waals surface area contributed by atoms with Gasteiger partial charge < -0.3 is 18.9 Å². The van der Waals surface area contributed by atoms with Crippen molar-refractivity contribution in [3.8, 4) is 0 Å². The van der Waals surface area contributed by atoms with Crippen LogP contribution < -0.4 is 0 Å². The van der Waals surface area contributed by atoms with Crippen LogP contribution in [-0.4, -0.2) is 74.9 Å².